The highest BCUT2D eigenvalue weighted by atomic mass is 16.7. The highest BCUT2D eigenvalue weighted by Gasteiger charge is 2.17. The predicted molar refractivity (Wildman–Crippen MR) is 81.6 cm³/mol. The lowest BCUT2D eigenvalue weighted by atomic mass is 10.2. The average molecular weight is 280 g/mol. The van der Waals surface area contributed by atoms with Gasteiger partial charge in [-0.25, -0.2) is 4.98 Å². The van der Waals surface area contributed by atoms with Crippen molar-refractivity contribution in [3.05, 3.63) is 42.5 Å². The van der Waals surface area contributed by atoms with Crippen molar-refractivity contribution in [3.8, 4) is 22.9 Å². The molecule has 0 atom stereocenters. The molecular weight excluding hydrogens is 264 g/mol. The molecular formula is C17H16N2O2. The van der Waals surface area contributed by atoms with E-state index in [9.17, 15) is 0 Å². The number of nitrogens with zero attached hydrogens (tertiary/aromatic N) is 2. The third-order valence-corrected chi connectivity index (χ3v) is 3.73. The van der Waals surface area contributed by atoms with Gasteiger partial charge in [0, 0.05) is 12.1 Å². The number of benzene rings is 2. The third-order valence-electron chi connectivity index (χ3n) is 3.73. The number of imidazole rings is 1. The van der Waals surface area contributed by atoms with Crippen LogP contribution in [0.1, 0.15) is 13.3 Å². The third kappa shape index (κ3) is 1.95. The van der Waals surface area contributed by atoms with Gasteiger partial charge in [0.1, 0.15) is 5.82 Å². The highest BCUT2D eigenvalue weighted by Crippen LogP contribution is 2.36. The molecule has 4 heteroatoms. The molecule has 0 unspecified atom stereocenters. The Balaban J connectivity index is 1.91. The van der Waals surface area contributed by atoms with E-state index in [0.29, 0.717) is 6.79 Å². The van der Waals surface area contributed by atoms with Crippen LogP contribution < -0.4 is 9.47 Å². The van der Waals surface area contributed by atoms with Crippen molar-refractivity contribution < 1.29 is 9.47 Å². The van der Waals surface area contributed by atoms with Gasteiger partial charge in [-0.05, 0) is 36.8 Å². The van der Waals surface area contributed by atoms with Gasteiger partial charge in [0.25, 0.3) is 0 Å². The predicted octanol–water partition coefficient (Wildman–Crippen LogP) is 3.84. The summed E-state index contributed by atoms with van der Waals surface area (Å²) in [5.41, 5.74) is 3.26. The molecule has 0 saturated heterocycles. The van der Waals surface area contributed by atoms with Gasteiger partial charge >= 0.3 is 0 Å². The molecule has 0 bridgehead atoms. The van der Waals surface area contributed by atoms with Crippen LogP contribution in [0.3, 0.4) is 0 Å². The van der Waals surface area contributed by atoms with E-state index < -0.39 is 0 Å². The largest absolute Gasteiger partial charge is 0.454 e. The van der Waals surface area contributed by atoms with E-state index >= 15 is 0 Å². The number of hydrogen-bond donors (Lipinski definition) is 0. The lowest BCUT2D eigenvalue weighted by Crippen LogP contribution is -1.99. The van der Waals surface area contributed by atoms with E-state index in [1.165, 1.54) is 5.52 Å². The maximum absolute atomic E-state index is 5.48. The Morgan fingerprint density at radius 3 is 2.86 bits per heavy atom. The van der Waals surface area contributed by atoms with E-state index in [2.05, 4.69) is 29.7 Å². The molecule has 0 radical (unpaired) electrons. The number of aromatic nitrogens is 2. The van der Waals surface area contributed by atoms with Gasteiger partial charge in [-0.15, -0.1) is 0 Å². The van der Waals surface area contributed by atoms with Crippen molar-refractivity contribution in [2.75, 3.05) is 6.79 Å². The van der Waals surface area contributed by atoms with E-state index in [-0.39, 0.29) is 0 Å². The monoisotopic (exact) mass is 280 g/mol. The number of aryl methyl sites for hydroxylation is 1. The second-order valence-electron chi connectivity index (χ2n) is 5.14. The standard InChI is InChI=1S/C17H16N2O2/c1-2-9-19-14-6-4-3-5-13(14)18-17(19)12-7-8-15-16(10-12)21-11-20-15/h3-8,10H,2,9,11H2,1H3. The van der Waals surface area contributed by atoms with Gasteiger partial charge in [0.15, 0.2) is 11.5 Å². The molecule has 3 aromatic rings. The fourth-order valence-electron chi connectivity index (χ4n) is 2.78. The first-order valence-electron chi connectivity index (χ1n) is 7.22. The second kappa shape index (κ2) is 4.81. The minimum Gasteiger partial charge on any atom is -0.454 e. The van der Waals surface area contributed by atoms with E-state index in [1.807, 2.05) is 24.3 Å². The minimum atomic E-state index is 0.296. The summed E-state index contributed by atoms with van der Waals surface area (Å²) in [6.07, 6.45) is 1.07. The number of fused-ring (bicyclic) bond motifs is 2. The normalized spacial score (nSPS) is 13.0. The molecule has 0 amide bonds. The van der Waals surface area contributed by atoms with Gasteiger partial charge in [-0.1, -0.05) is 19.1 Å². The van der Waals surface area contributed by atoms with Crippen LogP contribution in [-0.2, 0) is 6.54 Å². The molecule has 0 aliphatic carbocycles. The van der Waals surface area contributed by atoms with Crippen LogP contribution in [0.5, 0.6) is 11.5 Å². The molecule has 1 aromatic heterocycles. The molecule has 106 valence electrons. The number of hydrogen-bond acceptors (Lipinski definition) is 3. The molecule has 2 aromatic carbocycles. The van der Waals surface area contributed by atoms with E-state index in [4.69, 9.17) is 14.5 Å². The number of rotatable bonds is 3. The Morgan fingerprint density at radius 2 is 1.95 bits per heavy atom. The first kappa shape index (κ1) is 12.3. The van der Waals surface area contributed by atoms with Gasteiger partial charge in [-0.2, -0.15) is 0 Å². The summed E-state index contributed by atoms with van der Waals surface area (Å²) in [6.45, 7) is 3.42. The number of ether oxygens (including phenoxy) is 2. The summed E-state index contributed by atoms with van der Waals surface area (Å²) in [5.74, 6) is 2.58. The Hall–Kier alpha value is -2.49. The Kier molecular flexibility index (Phi) is 2.81. The van der Waals surface area contributed by atoms with E-state index in [1.54, 1.807) is 0 Å². The molecule has 1 aliphatic heterocycles. The van der Waals surface area contributed by atoms with Crippen molar-refractivity contribution in [2.24, 2.45) is 0 Å². The van der Waals surface area contributed by atoms with Crippen LogP contribution in [-0.4, -0.2) is 16.3 Å². The van der Waals surface area contributed by atoms with Crippen molar-refractivity contribution in [3.63, 3.8) is 0 Å². The molecule has 2 heterocycles. The molecule has 0 saturated carbocycles. The summed E-state index contributed by atoms with van der Waals surface area (Å²) in [7, 11) is 0. The summed E-state index contributed by atoms with van der Waals surface area (Å²) < 4.78 is 13.1. The summed E-state index contributed by atoms with van der Waals surface area (Å²) in [5, 5.41) is 0. The molecule has 1 aliphatic rings. The lowest BCUT2D eigenvalue weighted by Gasteiger charge is -2.08. The Morgan fingerprint density at radius 1 is 1.10 bits per heavy atom. The van der Waals surface area contributed by atoms with Crippen LogP contribution in [0.4, 0.5) is 0 Å². The van der Waals surface area contributed by atoms with Crippen LogP contribution in [0.15, 0.2) is 42.5 Å². The Labute approximate surface area is 122 Å². The smallest absolute Gasteiger partial charge is 0.231 e. The van der Waals surface area contributed by atoms with Crippen molar-refractivity contribution in [1.82, 2.24) is 9.55 Å². The summed E-state index contributed by atoms with van der Waals surface area (Å²) in [4.78, 5) is 4.79. The fourth-order valence-corrected chi connectivity index (χ4v) is 2.78. The molecule has 4 rings (SSSR count). The van der Waals surface area contributed by atoms with Gasteiger partial charge in [0.2, 0.25) is 6.79 Å². The second-order valence-corrected chi connectivity index (χ2v) is 5.14. The minimum absolute atomic E-state index is 0.296. The van der Waals surface area contributed by atoms with E-state index in [0.717, 1.165) is 41.4 Å². The van der Waals surface area contributed by atoms with Gasteiger partial charge in [-0.3, -0.25) is 0 Å². The van der Waals surface area contributed by atoms with Crippen LogP contribution in [0, 0.1) is 0 Å². The van der Waals surface area contributed by atoms with Gasteiger partial charge in [0.05, 0.1) is 11.0 Å². The highest BCUT2D eigenvalue weighted by molar-refractivity contribution is 5.81. The first-order valence-corrected chi connectivity index (χ1v) is 7.22. The molecule has 4 nitrogen and oxygen atoms in total. The average Bonchev–Trinajstić information content (AvgIpc) is 3.11. The quantitative estimate of drug-likeness (QED) is 0.731. The molecule has 0 N–H and O–H groups in total. The maximum atomic E-state index is 5.48. The maximum Gasteiger partial charge on any atom is 0.231 e. The van der Waals surface area contributed by atoms with Crippen molar-refractivity contribution in [2.45, 2.75) is 19.9 Å². The zero-order chi connectivity index (χ0) is 14.2. The lowest BCUT2D eigenvalue weighted by molar-refractivity contribution is 0.174. The van der Waals surface area contributed by atoms with Crippen LogP contribution in [0.2, 0.25) is 0 Å². The van der Waals surface area contributed by atoms with Crippen LogP contribution in [0.25, 0.3) is 22.4 Å². The number of para-hydroxylation sites is 2. The molecule has 21 heavy (non-hydrogen) atoms. The zero-order valence-corrected chi connectivity index (χ0v) is 11.9. The van der Waals surface area contributed by atoms with Crippen LogP contribution >= 0.6 is 0 Å². The summed E-state index contributed by atoms with van der Waals surface area (Å²) in [6, 6.07) is 14.3. The Bertz CT molecular complexity index is 808. The molecule has 0 fully saturated rings. The molecule has 0 spiro atoms. The fraction of sp³-hybridized carbons (Fsp3) is 0.235. The van der Waals surface area contributed by atoms with Gasteiger partial charge < -0.3 is 14.0 Å². The zero-order valence-electron chi connectivity index (χ0n) is 11.9. The first-order chi connectivity index (χ1) is 10.4. The summed E-state index contributed by atoms with van der Waals surface area (Å²) >= 11 is 0. The van der Waals surface area contributed by atoms with Crippen molar-refractivity contribution >= 4 is 11.0 Å². The van der Waals surface area contributed by atoms with Crippen molar-refractivity contribution in [1.29, 1.82) is 0 Å². The SMILES string of the molecule is CCCn1c(-c2ccc3c(c2)OCO3)nc2ccccc21. The topological polar surface area (TPSA) is 36.3 Å².